The first-order chi connectivity index (χ1) is 13.0. The maximum Gasteiger partial charge on any atom is 0.586 e. The van der Waals surface area contributed by atoms with Crippen molar-refractivity contribution < 1.29 is 27.4 Å². The fourth-order valence-electron chi connectivity index (χ4n) is 2.96. The molecule has 0 fully saturated rings. The molecule has 4 nitrogen and oxygen atoms in total. The lowest BCUT2D eigenvalue weighted by atomic mass is 9.75. The second-order valence-corrected chi connectivity index (χ2v) is 7.91. The molecule has 0 aromatic heterocycles. The molecule has 1 unspecified atom stereocenters. The lowest BCUT2D eigenvalue weighted by molar-refractivity contribution is -0.286. The zero-order valence-corrected chi connectivity index (χ0v) is 17.5. The van der Waals surface area contributed by atoms with Crippen molar-refractivity contribution in [2.24, 2.45) is 0 Å². The van der Waals surface area contributed by atoms with E-state index in [1.165, 1.54) is 48.3 Å². The number of nitrogens with zero attached hydrogens (tertiary/aromatic N) is 1. The Balaban J connectivity index is 2.19. The third kappa shape index (κ3) is 3.48. The maximum atomic E-state index is 13.8. The number of ether oxygens (including phenoxy) is 2. The fraction of sp³-hybridized carbons (Fsp3) is 0.263. The van der Waals surface area contributed by atoms with Crippen LogP contribution in [0.3, 0.4) is 0 Å². The van der Waals surface area contributed by atoms with Crippen LogP contribution in [0.15, 0.2) is 40.9 Å². The van der Waals surface area contributed by atoms with Gasteiger partial charge in [0.15, 0.2) is 11.5 Å². The Hall–Kier alpha value is -2.13. The van der Waals surface area contributed by atoms with Crippen LogP contribution in [-0.2, 0) is 10.2 Å². The Bertz CT molecular complexity index is 985. The van der Waals surface area contributed by atoms with Gasteiger partial charge in [0.2, 0.25) is 5.91 Å². The maximum absolute atomic E-state index is 13.8. The largest absolute Gasteiger partial charge is 0.586 e. The van der Waals surface area contributed by atoms with Crippen LogP contribution in [0.4, 0.5) is 13.2 Å². The fourth-order valence-corrected chi connectivity index (χ4v) is 3.42. The molecule has 0 spiro atoms. The molecule has 0 bridgehead atoms. The number of thiocarbonyl (C=S) groups is 1. The van der Waals surface area contributed by atoms with E-state index in [1.54, 1.807) is 13.8 Å². The van der Waals surface area contributed by atoms with Crippen molar-refractivity contribution in [3.05, 3.63) is 57.8 Å². The minimum atomic E-state index is -3.78. The number of carbonyl (C=O) groups is 1. The van der Waals surface area contributed by atoms with Crippen LogP contribution in [0, 0.1) is 5.82 Å². The van der Waals surface area contributed by atoms with E-state index in [0.717, 1.165) is 0 Å². The van der Waals surface area contributed by atoms with Gasteiger partial charge in [-0.05, 0) is 65.2 Å². The number of amides is 1. The van der Waals surface area contributed by atoms with E-state index in [1.807, 2.05) is 0 Å². The van der Waals surface area contributed by atoms with Gasteiger partial charge < -0.3 is 14.4 Å². The van der Waals surface area contributed by atoms with Gasteiger partial charge in [-0.3, -0.25) is 4.79 Å². The van der Waals surface area contributed by atoms with Gasteiger partial charge in [0.05, 0.1) is 14.9 Å². The van der Waals surface area contributed by atoms with Gasteiger partial charge in [0.25, 0.3) is 0 Å². The first-order valence-corrected chi connectivity index (χ1v) is 9.30. The summed E-state index contributed by atoms with van der Waals surface area (Å²) in [6.45, 7) is 3.20. The van der Waals surface area contributed by atoms with Gasteiger partial charge in [-0.2, -0.15) is 0 Å². The molecule has 2 aromatic rings. The Labute approximate surface area is 173 Å². The smallest absolute Gasteiger partial charge is 0.395 e. The molecule has 0 saturated carbocycles. The number of carbonyl (C=O) groups excluding carboxylic acids is 1. The SMILES string of the molecule is CC(=S)N(C)C(=O)C(C)(c1ccc(F)c(Br)c1)c1ccc2c(c1)OC(F)(F)O2. The third-order valence-electron chi connectivity index (χ3n) is 4.68. The van der Waals surface area contributed by atoms with Gasteiger partial charge in [0.1, 0.15) is 5.82 Å². The highest BCUT2D eigenvalue weighted by molar-refractivity contribution is 9.10. The van der Waals surface area contributed by atoms with Gasteiger partial charge in [-0.1, -0.05) is 24.4 Å². The quantitative estimate of drug-likeness (QED) is 0.586. The molecule has 2 aromatic carbocycles. The molecule has 1 aliphatic rings. The molecule has 3 rings (SSSR count). The van der Waals surface area contributed by atoms with Gasteiger partial charge >= 0.3 is 6.29 Å². The predicted octanol–water partition coefficient (Wildman–Crippen LogP) is 5.02. The third-order valence-corrected chi connectivity index (χ3v) is 5.56. The van der Waals surface area contributed by atoms with Crippen molar-refractivity contribution in [1.82, 2.24) is 4.90 Å². The summed E-state index contributed by atoms with van der Waals surface area (Å²) in [5.41, 5.74) is -0.556. The molecule has 28 heavy (non-hydrogen) atoms. The molecule has 9 heteroatoms. The topological polar surface area (TPSA) is 38.8 Å². The summed E-state index contributed by atoms with van der Waals surface area (Å²) in [5.74, 6) is -1.24. The van der Waals surface area contributed by atoms with Crippen LogP contribution >= 0.6 is 28.1 Å². The number of rotatable bonds is 3. The lowest BCUT2D eigenvalue weighted by Gasteiger charge is -2.33. The van der Waals surface area contributed by atoms with Crippen LogP contribution in [-0.4, -0.2) is 29.1 Å². The molecular formula is C19H15BrF3NO3S. The number of halogens is 4. The first kappa shape index (κ1) is 20.6. The van der Waals surface area contributed by atoms with Crippen LogP contribution < -0.4 is 9.47 Å². The Morgan fingerprint density at radius 2 is 1.71 bits per heavy atom. The number of alkyl halides is 2. The van der Waals surface area contributed by atoms with Crippen molar-refractivity contribution in [1.29, 1.82) is 0 Å². The first-order valence-electron chi connectivity index (χ1n) is 8.10. The van der Waals surface area contributed by atoms with Crippen molar-refractivity contribution in [2.75, 3.05) is 7.05 Å². The van der Waals surface area contributed by atoms with Crippen molar-refractivity contribution in [3.63, 3.8) is 0 Å². The number of benzene rings is 2. The minimum absolute atomic E-state index is 0.136. The van der Waals surface area contributed by atoms with Crippen molar-refractivity contribution >= 4 is 39.0 Å². The Kier molecular flexibility index (Phi) is 5.18. The summed E-state index contributed by atoms with van der Waals surface area (Å²) in [5, 5.41) is 0. The number of hydrogen-bond donors (Lipinski definition) is 0. The summed E-state index contributed by atoms with van der Waals surface area (Å²) in [6, 6.07) is 8.27. The summed E-state index contributed by atoms with van der Waals surface area (Å²) in [6.07, 6.45) is -3.78. The van der Waals surface area contributed by atoms with Gasteiger partial charge in [-0.25, -0.2) is 4.39 Å². The Morgan fingerprint density at radius 1 is 1.14 bits per heavy atom. The monoisotopic (exact) mass is 473 g/mol. The Morgan fingerprint density at radius 3 is 2.32 bits per heavy atom. The average molecular weight is 474 g/mol. The van der Waals surface area contributed by atoms with E-state index in [4.69, 9.17) is 12.2 Å². The van der Waals surface area contributed by atoms with Crippen LogP contribution in [0.1, 0.15) is 25.0 Å². The zero-order valence-electron chi connectivity index (χ0n) is 15.1. The standard InChI is InChI=1S/C19H15BrF3NO3S/c1-10(28)24(3)17(25)18(2,11-4-6-14(21)13(20)8-11)12-5-7-15-16(9-12)27-19(22,23)26-15/h4-9H,1-3H3. The summed E-state index contributed by atoms with van der Waals surface area (Å²) < 4.78 is 49.7. The molecule has 1 atom stereocenters. The van der Waals surface area contributed by atoms with Crippen LogP contribution in [0.5, 0.6) is 11.5 Å². The summed E-state index contributed by atoms with van der Waals surface area (Å²) in [7, 11) is 1.52. The molecule has 1 heterocycles. The normalized spacial score (nSPS) is 16.4. The molecule has 1 amide bonds. The molecule has 148 valence electrons. The van der Waals surface area contributed by atoms with E-state index >= 15 is 0 Å². The van der Waals surface area contributed by atoms with Crippen molar-refractivity contribution in [3.8, 4) is 11.5 Å². The number of fused-ring (bicyclic) bond motifs is 1. The zero-order chi connectivity index (χ0) is 20.9. The van der Waals surface area contributed by atoms with Crippen LogP contribution in [0.25, 0.3) is 0 Å². The second kappa shape index (κ2) is 7.04. The molecule has 0 saturated heterocycles. The lowest BCUT2D eigenvalue weighted by Crippen LogP contribution is -2.45. The van der Waals surface area contributed by atoms with Crippen molar-refractivity contribution in [2.45, 2.75) is 25.6 Å². The van der Waals surface area contributed by atoms with E-state index in [9.17, 15) is 18.0 Å². The second-order valence-electron chi connectivity index (χ2n) is 6.47. The molecule has 0 aliphatic carbocycles. The van der Waals surface area contributed by atoms with E-state index in [2.05, 4.69) is 25.4 Å². The average Bonchev–Trinajstić information content (AvgIpc) is 2.94. The minimum Gasteiger partial charge on any atom is -0.395 e. The summed E-state index contributed by atoms with van der Waals surface area (Å²) >= 11 is 8.23. The molecule has 0 radical (unpaired) electrons. The van der Waals surface area contributed by atoms with E-state index in [-0.39, 0.29) is 16.0 Å². The molecule has 0 N–H and O–H groups in total. The predicted molar refractivity (Wildman–Crippen MR) is 104 cm³/mol. The van der Waals surface area contributed by atoms with E-state index in [0.29, 0.717) is 16.1 Å². The highest BCUT2D eigenvalue weighted by atomic mass is 79.9. The van der Waals surface area contributed by atoms with Crippen LogP contribution in [0.2, 0.25) is 0 Å². The molecule has 1 aliphatic heterocycles. The summed E-state index contributed by atoms with van der Waals surface area (Å²) in [4.78, 5) is 14.9. The van der Waals surface area contributed by atoms with Gasteiger partial charge in [0, 0.05) is 7.05 Å². The van der Waals surface area contributed by atoms with Gasteiger partial charge in [-0.15, -0.1) is 8.78 Å². The number of hydrogen-bond acceptors (Lipinski definition) is 4. The highest BCUT2D eigenvalue weighted by Crippen LogP contribution is 2.45. The molecular weight excluding hydrogens is 459 g/mol. The highest BCUT2D eigenvalue weighted by Gasteiger charge is 2.46. The number of likely N-dealkylation sites (N-methyl/N-ethyl adjacent to an activating group) is 1. The van der Waals surface area contributed by atoms with E-state index < -0.39 is 23.4 Å².